The lowest BCUT2D eigenvalue weighted by Crippen LogP contribution is -2.11. The Morgan fingerprint density at radius 2 is 2.12 bits per heavy atom. The summed E-state index contributed by atoms with van der Waals surface area (Å²) in [4.78, 5) is 10.0. The van der Waals surface area contributed by atoms with Crippen molar-refractivity contribution < 1.29 is 14.4 Å². The zero-order valence-corrected chi connectivity index (χ0v) is 9.88. The van der Waals surface area contributed by atoms with Crippen LogP contribution in [0.4, 0.5) is 11.4 Å². The molecule has 0 saturated heterocycles. The second-order valence-electron chi connectivity index (χ2n) is 3.75. The molecule has 0 saturated carbocycles. The number of rotatable bonds is 6. The van der Waals surface area contributed by atoms with Gasteiger partial charge in [0.15, 0.2) is 0 Å². The lowest BCUT2D eigenvalue weighted by Gasteiger charge is -2.09. The van der Waals surface area contributed by atoms with Gasteiger partial charge in [0.2, 0.25) is 0 Å². The molecule has 1 rings (SSSR count). The zero-order chi connectivity index (χ0) is 12.8. The standard InChI is InChI=1S/C11H16N2O4/c1-8(2)16-5-6-17-9-3-4-11(13(14)15)10(12)7-9/h3-4,7-8H,5-6,12H2,1-2H3. The molecule has 1 aromatic carbocycles. The zero-order valence-electron chi connectivity index (χ0n) is 9.88. The van der Waals surface area contributed by atoms with Crippen molar-refractivity contribution in [3.05, 3.63) is 28.3 Å². The molecule has 0 aliphatic heterocycles. The van der Waals surface area contributed by atoms with E-state index in [0.717, 1.165) is 0 Å². The van der Waals surface area contributed by atoms with Gasteiger partial charge in [-0.1, -0.05) is 0 Å². The third-order valence-corrected chi connectivity index (χ3v) is 2.00. The van der Waals surface area contributed by atoms with Crippen LogP contribution in [-0.2, 0) is 4.74 Å². The number of hydrogen-bond donors (Lipinski definition) is 1. The topological polar surface area (TPSA) is 87.6 Å². The maximum absolute atomic E-state index is 10.5. The van der Waals surface area contributed by atoms with E-state index in [2.05, 4.69) is 0 Å². The molecule has 0 aliphatic carbocycles. The highest BCUT2D eigenvalue weighted by Crippen LogP contribution is 2.25. The summed E-state index contributed by atoms with van der Waals surface area (Å²) >= 11 is 0. The van der Waals surface area contributed by atoms with Crippen molar-refractivity contribution >= 4 is 11.4 Å². The summed E-state index contributed by atoms with van der Waals surface area (Å²) in [6.07, 6.45) is 0.153. The van der Waals surface area contributed by atoms with E-state index in [-0.39, 0.29) is 17.5 Å². The van der Waals surface area contributed by atoms with Gasteiger partial charge in [0.1, 0.15) is 18.0 Å². The molecule has 0 spiro atoms. The minimum Gasteiger partial charge on any atom is -0.491 e. The molecular weight excluding hydrogens is 224 g/mol. The van der Waals surface area contributed by atoms with E-state index in [1.54, 1.807) is 0 Å². The van der Waals surface area contributed by atoms with Gasteiger partial charge >= 0.3 is 0 Å². The molecule has 0 fully saturated rings. The van der Waals surface area contributed by atoms with E-state index in [1.165, 1.54) is 18.2 Å². The average Bonchev–Trinajstić information content (AvgIpc) is 2.23. The molecule has 0 atom stereocenters. The van der Waals surface area contributed by atoms with Gasteiger partial charge in [-0.05, 0) is 19.9 Å². The van der Waals surface area contributed by atoms with Crippen LogP contribution in [-0.4, -0.2) is 24.2 Å². The first-order valence-corrected chi connectivity index (χ1v) is 5.29. The van der Waals surface area contributed by atoms with E-state index in [4.69, 9.17) is 15.2 Å². The van der Waals surface area contributed by atoms with E-state index >= 15 is 0 Å². The van der Waals surface area contributed by atoms with E-state index in [1.807, 2.05) is 13.8 Å². The Bertz CT molecular complexity index is 393. The monoisotopic (exact) mass is 240 g/mol. The Morgan fingerprint density at radius 3 is 2.65 bits per heavy atom. The SMILES string of the molecule is CC(C)OCCOc1ccc([N+](=O)[O-])c(N)c1. The van der Waals surface area contributed by atoms with Crippen molar-refractivity contribution in [2.75, 3.05) is 18.9 Å². The summed E-state index contributed by atoms with van der Waals surface area (Å²) in [5, 5.41) is 10.5. The molecule has 17 heavy (non-hydrogen) atoms. The van der Waals surface area contributed by atoms with E-state index < -0.39 is 4.92 Å². The average molecular weight is 240 g/mol. The number of benzene rings is 1. The smallest absolute Gasteiger partial charge is 0.292 e. The highest BCUT2D eigenvalue weighted by Gasteiger charge is 2.11. The van der Waals surface area contributed by atoms with Crippen molar-refractivity contribution in [1.29, 1.82) is 0 Å². The Kier molecular flexibility index (Phi) is 4.71. The Hall–Kier alpha value is -1.82. The first kappa shape index (κ1) is 13.2. The maximum atomic E-state index is 10.5. The van der Waals surface area contributed by atoms with Crippen molar-refractivity contribution in [2.24, 2.45) is 0 Å². The Balaban J connectivity index is 2.50. The molecule has 0 amide bonds. The summed E-state index contributed by atoms with van der Waals surface area (Å²) in [5.41, 5.74) is 5.50. The number of nitrogen functional groups attached to an aromatic ring is 1. The van der Waals surface area contributed by atoms with Crippen LogP contribution < -0.4 is 10.5 Å². The molecule has 0 radical (unpaired) electrons. The van der Waals surface area contributed by atoms with Crippen LogP contribution in [0.25, 0.3) is 0 Å². The fourth-order valence-corrected chi connectivity index (χ4v) is 1.23. The summed E-state index contributed by atoms with van der Waals surface area (Å²) in [6, 6.07) is 4.28. The third-order valence-electron chi connectivity index (χ3n) is 2.00. The predicted molar refractivity (Wildman–Crippen MR) is 64.1 cm³/mol. The fourth-order valence-electron chi connectivity index (χ4n) is 1.23. The fraction of sp³-hybridized carbons (Fsp3) is 0.455. The number of anilines is 1. The summed E-state index contributed by atoms with van der Waals surface area (Å²) in [5.74, 6) is 0.500. The molecule has 6 heteroatoms. The molecule has 0 aromatic heterocycles. The van der Waals surface area contributed by atoms with Gasteiger partial charge in [0.05, 0.1) is 17.6 Å². The van der Waals surface area contributed by atoms with Gasteiger partial charge in [0.25, 0.3) is 5.69 Å². The maximum Gasteiger partial charge on any atom is 0.292 e. The summed E-state index contributed by atoms with van der Waals surface area (Å²) in [6.45, 7) is 4.72. The van der Waals surface area contributed by atoms with Gasteiger partial charge in [-0.15, -0.1) is 0 Å². The molecule has 1 aromatic rings. The second-order valence-corrected chi connectivity index (χ2v) is 3.75. The summed E-state index contributed by atoms with van der Waals surface area (Å²) in [7, 11) is 0. The Morgan fingerprint density at radius 1 is 1.41 bits per heavy atom. The van der Waals surface area contributed by atoms with Crippen LogP contribution >= 0.6 is 0 Å². The largest absolute Gasteiger partial charge is 0.491 e. The molecule has 2 N–H and O–H groups in total. The number of nitro benzene ring substituents is 1. The lowest BCUT2D eigenvalue weighted by molar-refractivity contribution is -0.383. The molecule has 94 valence electrons. The minimum atomic E-state index is -0.527. The van der Waals surface area contributed by atoms with Crippen LogP contribution in [0.2, 0.25) is 0 Å². The first-order valence-electron chi connectivity index (χ1n) is 5.29. The highest BCUT2D eigenvalue weighted by atomic mass is 16.6. The van der Waals surface area contributed by atoms with E-state index in [0.29, 0.717) is 19.0 Å². The van der Waals surface area contributed by atoms with Gasteiger partial charge in [-0.2, -0.15) is 0 Å². The van der Waals surface area contributed by atoms with Crippen molar-refractivity contribution in [3.8, 4) is 5.75 Å². The van der Waals surface area contributed by atoms with Gasteiger partial charge in [-0.3, -0.25) is 10.1 Å². The van der Waals surface area contributed by atoms with Crippen LogP contribution in [0, 0.1) is 10.1 Å². The second kappa shape index (κ2) is 6.05. The van der Waals surface area contributed by atoms with Crippen LogP contribution in [0.3, 0.4) is 0 Å². The minimum absolute atomic E-state index is 0.0947. The van der Waals surface area contributed by atoms with Gasteiger partial charge in [0, 0.05) is 12.1 Å². The Labute approximate surface area is 99.5 Å². The quantitative estimate of drug-likeness (QED) is 0.355. The van der Waals surface area contributed by atoms with Crippen LogP contribution in [0.15, 0.2) is 18.2 Å². The third kappa shape index (κ3) is 4.28. The molecular formula is C11H16N2O4. The van der Waals surface area contributed by atoms with Crippen molar-refractivity contribution in [2.45, 2.75) is 20.0 Å². The van der Waals surface area contributed by atoms with Crippen molar-refractivity contribution in [3.63, 3.8) is 0 Å². The summed E-state index contributed by atoms with van der Waals surface area (Å²) < 4.78 is 10.6. The number of nitro groups is 1. The molecule has 0 bridgehead atoms. The van der Waals surface area contributed by atoms with Crippen LogP contribution in [0.5, 0.6) is 5.75 Å². The number of ether oxygens (including phenoxy) is 2. The normalized spacial score (nSPS) is 10.5. The first-order chi connectivity index (χ1) is 8.00. The van der Waals surface area contributed by atoms with Gasteiger partial charge < -0.3 is 15.2 Å². The lowest BCUT2D eigenvalue weighted by atomic mass is 10.2. The van der Waals surface area contributed by atoms with Crippen molar-refractivity contribution in [1.82, 2.24) is 0 Å². The molecule has 0 aliphatic rings. The molecule has 0 unspecified atom stereocenters. The predicted octanol–water partition coefficient (Wildman–Crippen LogP) is 1.98. The van der Waals surface area contributed by atoms with Crippen LogP contribution in [0.1, 0.15) is 13.8 Å². The molecule has 0 heterocycles. The molecule has 6 nitrogen and oxygen atoms in total. The number of nitrogens with zero attached hydrogens (tertiary/aromatic N) is 1. The number of nitrogens with two attached hydrogens (primary N) is 1. The highest BCUT2D eigenvalue weighted by molar-refractivity contribution is 5.60. The van der Waals surface area contributed by atoms with Gasteiger partial charge in [-0.25, -0.2) is 0 Å². The van der Waals surface area contributed by atoms with E-state index in [9.17, 15) is 10.1 Å². The number of hydrogen-bond acceptors (Lipinski definition) is 5.